The summed E-state index contributed by atoms with van der Waals surface area (Å²) in [6.07, 6.45) is -4.76. The van der Waals surface area contributed by atoms with Gasteiger partial charge in [0.25, 0.3) is 0 Å². The van der Waals surface area contributed by atoms with E-state index in [2.05, 4.69) is 10.4 Å². The lowest BCUT2D eigenvalue weighted by Crippen LogP contribution is -2.30. The van der Waals surface area contributed by atoms with Crippen molar-refractivity contribution < 1.29 is 17.6 Å². The van der Waals surface area contributed by atoms with Crippen LogP contribution in [-0.4, -0.2) is 4.98 Å². The van der Waals surface area contributed by atoms with E-state index >= 15 is 0 Å². The van der Waals surface area contributed by atoms with E-state index < -0.39 is 23.6 Å². The Kier molecular flexibility index (Phi) is 4.24. The first-order valence-corrected chi connectivity index (χ1v) is 6.09. The molecule has 3 N–H and O–H groups in total. The molecule has 1 heterocycles. The number of pyridine rings is 1. The molecule has 112 valence electrons. The second-order valence-electron chi connectivity index (χ2n) is 4.54. The SMILES string of the molecule is Cc1cccc(C(NN)c2ccc(F)c(C(F)(F)F)c2)n1. The van der Waals surface area contributed by atoms with Gasteiger partial charge in [0.2, 0.25) is 0 Å². The second kappa shape index (κ2) is 5.79. The first-order valence-electron chi connectivity index (χ1n) is 6.09. The summed E-state index contributed by atoms with van der Waals surface area (Å²) < 4.78 is 51.6. The Morgan fingerprint density at radius 3 is 2.48 bits per heavy atom. The molecule has 2 aromatic rings. The maximum Gasteiger partial charge on any atom is 0.419 e. The number of halogens is 4. The van der Waals surface area contributed by atoms with Crippen molar-refractivity contribution in [1.29, 1.82) is 0 Å². The Hall–Kier alpha value is -1.99. The van der Waals surface area contributed by atoms with Gasteiger partial charge in [-0.05, 0) is 36.8 Å². The molecule has 0 amide bonds. The van der Waals surface area contributed by atoms with Crippen molar-refractivity contribution in [1.82, 2.24) is 10.4 Å². The van der Waals surface area contributed by atoms with Crippen molar-refractivity contribution in [3.63, 3.8) is 0 Å². The fourth-order valence-corrected chi connectivity index (χ4v) is 2.02. The van der Waals surface area contributed by atoms with Crippen LogP contribution in [0.3, 0.4) is 0 Å². The predicted octanol–water partition coefficient (Wildman–Crippen LogP) is 3.10. The summed E-state index contributed by atoms with van der Waals surface area (Å²) in [6.45, 7) is 1.75. The minimum atomic E-state index is -4.76. The van der Waals surface area contributed by atoms with Gasteiger partial charge in [0.15, 0.2) is 0 Å². The van der Waals surface area contributed by atoms with Crippen molar-refractivity contribution in [3.05, 3.63) is 64.7 Å². The van der Waals surface area contributed by atoms with E-state index in [-0.39, 0.29) is 5.56 Å². The smallest absolute Gasteiger partial charge is 0.271 e. The standard InChI is InChI=1S/C14H13F4N3/c1-8-3-2-4-12(20-8)13(21-19)9-5-6-11(15)10(7-9)14(16,17)18/h2-7,13,21H,19H2,1H3. The molecule has 0 radical (unpaired) electrons. The van der Waals surface area contributed by atoms with Gasteiger partial charge in [0.05, 0.1) is 17.3 Å². The molecular formula is C14H13F4N3. The Morgan fingerprint density at radius 1 is 1.19 bits per heavy atom. The molecule has 3 nitrogen and oxygen atoms in total. The number of aryl methyl sites for hydroxylation is 1. The third kappa shape index (κ3) is 3.37. The Balaban J connectivity index is 2.49. The van der Waals surface area contributed by atoms with Crippen LogP contribution in [0, 0.1) is 12.7 Å². The average Bonchev–Trinajstić information content (AvgIpc) is 2.40. The van der Waals surface area contributed by atoms with Gasteiger partial charge in [-0.1, -0.05) is 12.1 Å². The molecule has 1 aromatic heterocycles. The van der Waals surface area contributed by atoms with Gasteiger partial charge in [0.1, 0.15) is 5.82 Å². The second-order valence-corrected chi connectivity index (χ2v) is 4.54. The van der Waals surface area contributed by atoms with Crippen molar-refractivity contribution >= 4 is 0 Å². The third-order valence-electron chi connectivity index (χ3n) is 3.00. The molecule has 0 aliphatic heterocycles. The van der Waals surface area contributed by atoms with Crippen LogP contribution in [0.4, 0.5) is 17.6 Å². The van der Waals surface area contributed by atoms with Crippen LogP contribution in [0.5, 0.6) is 0 Å². The van der Waals surface area contributed by atoms with Crippen LogP contribution < -0.4 is 11.3 Å². The predicted molar refractivity (Wildman–Crippen MR) is 69.5 cm³/mol. The van der Waals surface area contributed by atoms with Crippen LogP contribution in [0.2, 0.25) is 0 Å². The molecule has 7 heteroatoms. The number of alkyl halides is 3. The van der Waals surface area contributed by atoms with Gasteiger partial charge in [-0.3, -0.25) is 10.8 Å². The highest BCUT2D eigenvalue weighted by Crippen LogP contribution is 2.33. The van der Waals surface area contributed by atoms with Gasteiger partial charge in [-0.15, -0.1) is 0 Å². The fourth-order valence-electron chi connectivity index (χ4n) is 2.02. The minimum absolute atomic E-state index is 0.185. The van der Waals surface area contributed by atoms with Crippen LogP contribution >= 0.6 is 0 Å². The molecule has 0 spiro atoms. The summed E-state index contributed by atoms with van der Waals surface area (Å²) in [7, 11) is 0. The third-order valence-corrected chi connectivity index (χ3v) is 3.00. The zero-order valence-electron chi connectivity index (χ0n) is 11.1. The van der Waals surface area contributed by atoms with Crippen LogP contribution in [0.15, 0.2) is 36.4 Å². The van der Waals surface area contributed by atoms with Gasteiger partial charge in [-0.2, -0.15) is 13.2 Å². The van der Waals surface area contributed by atoms with E-state index in [4.69, 9.17) is 5.84 Å². The highest BCUT2D eigenvalue weighted by molar-refractivity contribution is 5.34. The number of nitrogens with two attached hydrogens (primary N) is 1. The van der Waals surface area contributed by atoms with E-state index in [0.29, 0.717) is 11.4 Å². The summed E-state index contributed by atoms with van der Waals surface area (Å²) in [5.41, 5.74) is 2.42. The maximum absolute atomic E-state index is 13.3. The molecule has 21 heavy (non-hydrogen) atoms. The number of hydrogen-bond acceptors (Lipinski definition) is 3. The molecule has 0 saturated heterocycles. The van der Waals surface area contributed by atoms with Gasteiger partial charge in [0, 0.05) is 5.69 Å². The van der Waals surface area contributed by atoms with Crippen molar-refractivity contribution in [2.24, 2.45) is 5.84 Å². The molecule has 1 unspecified atom stereocenters. The van der Waals surface area contributed by atoms with E-state index in [1.54, 1.807) is 25.1 Å². The summed E-state index contributed by atoms with van der Waals surface area (Å²) in [4.78, 5) is 4.22. The minimum Gasteiger partial charge on any atom is -0.271 e. The summed E-state index contributed by atoms with van der Waals surface area (Å²) >= 11 is 0. The molecule has 1 atom stereocenters. The number of nitrogens with zero attached hydrogens (tertiary/aromatic N) is 1. The summed E-state index contributed by atoms with van der Waals surface area (Å²) in [5.74, 6) is 4.10. The van der Waals surface area contributed by atoms with Gasteiger partial charge >= 0.3 is 6.18 Å². The molecule has 0 aliphatic carbocycles. The molecule has 0 fully saturated rings. The van der Waals surface area contributed by atoms with Crippen molar-refractivity contribution in [2.75, 3.05) is 0 Å². The summed E-state index contributed by atoms with van der Waals surface area (Å²) in [6, 6.07) is 7.11. The molecule has 0 saturated carbocycles. The lowest BCUT2D eigenvalue weighted by molar-refractivity contribution is -0.140. The lowest BCUT2D eigenvalue weighted by atomic mass is 10.0. The number of aromatic nitrogens is 1. The zero-order chi connectivity index (χ0) is 15.6. The quantitative estimate of drug-likeness (QED) is 0.520. The fraction of sp³-hybridized carbons (Fsp3) is 0.214. The number of nitrogens with one attached hydrogen (secondary N) is 1. The Morgan fingerprint density at radius 2 is 1.90 bits per heavy atom. The highest BCUT2D eigenvalue weighted by atomic mass is 19.4. The monoisotopic (exact) mass is 299 g/mol. The molecule has 1 aromatic carbocycles. The molecule has 0 aliphatic rings. The van der Waals surface area contributed by atoms with Crippen LogP contribution in [-0.2, 0) is 6.18 Å². The Bertz CT molecular complexity index is 640. The van der Waals surface area contributed by atoms with E-state index in [0.717, 1.165) is 12.1 Å². The van der Waals surface area contributed by atoms with Crippen LogP contribution in [0.25, 0.3) is 0 Å². The van der Waals surface area contributed by atoms with E-state index in [1.165, 1.54) is 6.07 Å². The maximum atomic E-state index is 13.3. The normalized spacial score (nSPS) is 13.2. The van der Waals surface area contributed by atoms with Crippen molar-refractivity contribution in [2.45, 2.75) is 19.1 Å². The topological polar surface area (TPSA) is 50.9 Å². The molecule has 0 bridgehead atoms. The van der Waals surface area contributed by atoms with Gasteiger partial charge < -0.3 is 0 Å². The number of rotatable bonds is 3. The van der Waals surface area contributed by atoms with Crippen LogP contribution in [0.1, 0.15) is 28.6 Å². The Labute approximate surface area is 118 Å². The van der Waals surface area contributed by atoms with E-state index in [1.807, 2.05) is 0 Å². The van der Waals surface area contributed by atoms with E-state index in [9.17, 15) is 17.6 Å². The molecule has 2 rings (SSSR count). The first kappa shape index (κ1) is 15.4. The largest absolute Gasteiger partial charge is 0.419 e. The van der Waals surface area contributed by atoms with Gasteiger partial charge in [-0.25, -0.2) is 9.82 Å². The average molecular weight is 299 g/mol. The first-order chi connectivity index (χ1) is 9.82. The van der Waals surface area contributed by atoms with Crippen molar-refractivity contribution in [3.8, 4) is 0 Å². The number of hydrogen-bond donors (Lipinski definition) is 2. The highest BCUT2D eigenvalue weighted by Gasteiger charge is 2.34. The lowest BCUT2D eigenvalue weighted by Gasteiger charge is -2.18. The summed E-state index contributed by atoms with van der Waals surface area (Å²) in [5, 5.41) is 0. The molecular weight excluding hydrogens is 286 g/mol. The zero-order valence-corrected chi connectivity index (χ0v) is 11.1. The number of hydrazine groups is 1. The number of benzene rings is 1.